The maximum Gasteiger partial charge on any atom is 0.266 e. The minimum Gasteiger partial charge on any atom is -0.372 e. The number of hydrogen-bond donors (Lipinski definition) is 1. The average molecular weight is 359 g/mol. The molecule has 0 bridgehead atoms. The highest BCUT2D eigenvalue weighted by Crippen LogP contribution is 2.21. The van der Waals surface area contributed by atoms with E-state index in [-0.39, 0.29) is 5.57 Å². The Labute approximate surface area is 161 Å². The van der Waals surface area contributed by atoms with Crippen LogP contribution >= 0.6 is 0 Å². The van der Waals surface area contributed by atoms with Crippen LogP contribution in [0.3, 0.4) is 0 Å². The minimum absolute atomic E-state index is 0.0955. The number of aryl methyl sites for hydroxylation is 1. The molecule has 0 unspecified atom stereocenters. The minimum atomic E-state index is -0.391. The smallest absolute Gasteiger partial charge is 0.266 e. The summed E-state index contributed by atoms with van der Waals surface area (Å²) in [5.74, 6) is -0.391. The molecule has 0 saturated carbocycles. The second kappa shape index (κ2) is 9.05. The van der Waals surface area contributed by atoms with E-state index in [2.05, 4.69) is 22.3 Å². The van der Waals surface area contributed by atoms with Crippen molar-refractivity contribution in [3.63, 3.8) is 0 Å². The molecule has 1 aliphatic rings. The number of nitrogens with zero attached hydrogens (tertiary/aromatic N) is 2. The Morgan fingerprint density at radius 3 is 2.22 bits per heavy atom. The van der Waals surface area contributed by atoms with Crippen molar-refractivity contribution in [3.8, 4) is 6.07 Å². The standard InChI is InChI=1S/C23H25N3O/c1-18-6-10-21(11-7-18)25-23(27)20(17-24)16-19-8-12-22(13-9-19)26-14-4-2-3-5-15-26/h6-13,16H,2-5,14-15H2,1H3,(H,25,27)/b20-16-. The number of rotatable bonds is 4. The molecule has 3 rings (SSSR count). The Hall–Kier alpha value is -3.06. The van der Waals surface area contributed by atoms with Gasteiger partial charge in [0.15, 0.2) is 0 Å². The molecule has 138 valence electrons. The fraction of sp³-hybridized carbons (Fsp3) is 0.304. The number of anilines is 2. The predicted molar refractivity (Wildman–Crippen MR) is 111 cm³/mol. The summed E-state index contributed by atoms with van der Waals surface area (Å²) in [7, 11) is 0. The van der Waals surface area contributed by atoms with Crippen LogP contribution < -0.4 is 10.2 Å². The van der Waals surface area contributed by atoms with Crippen LogP contribution in [-0.2, 0) is 4.79 Å². The summed E-state index contributed by atoms with van der Waals surface area (Å²) in [5, 5.41) is 12.2. The molecule has 0 aromatic heterocycles. The molecule has 1 heterocycles. The normalized spacial score (nSPS) is 15.0. The van der Waals surface area contributed by atoms with Crippen LogP contribution in [0.5, 0.6) is 0 Å². The molecule has 1 amide bonds. The van der Waals surface area contributed by atoms with Crippen molar-refractivity contribution in [1.82, 2.24) is 0 Å². The number of nitriles is 1. The third-order valence-electron chi connectivity index (χ3n) is 4.85. The quantitative estimate of drug-likeness (QED) is 0.622. The summed E-state index contributed by atoms with van der Waals surface area (Å²) >= 11 is 0. The van der Waals surface area contributed by atoms with E-state index in [1.54, 1.807) is 6.08 Å². The van der Waals surface area contributed by atoms with Gasteiger partial charge in [0.2, 0.25) is 0 Å². The van der Waals surface area contributed by atoms with Crippen molar-refractivity contribution >= 4 is 23.4 Å². The van der Waals surface area contributed by atoms with E-state index >= 15 is 0 Å². The number of benzene rings is 2. The molecule has 0 spiro atoms. The maximum atomic E-state index is 12.4. The molecule has 27 heavy (non-hydrogen) atoms. The zero-order valence-electron chi connectivity index (χ0n) is 15.7. The van der Waals surface area contributed by atoms with E-state index in [0.717, 1.165) is 24.2 Å². The van der Waals surface area contributed by atoms with Gasteiger partial charge < -0.3 is 10.2 Å². The van der Waals surface area contributed by atoms with Gasteiger partial charge in [0.25, 0.3) is 5.91 Å². The second-order valence-corrected chi connectivity index (χ2v) is 6.98. The van der Waals surface area contributed by atoms with Crippen molar-refractivity contribution in [2.75, 3.05) is 23.3 Å². The highest BCUT2D eigenvalue weighted by Gasteiger charge is 2.11. The molecule has 1 fully saturated rings. The van der Waals surface area contributed by atoms with Gasteiger partial charge in [0, 0.05) is 24.5 Å². The molecule has 0 radical (unpaired) electrons. The van der Waals surface area contributed by atoms with Crippen molar-refractivity contribution < 1.29 is 4.79 Å². The van der Waals surface area contributed by atoms with Crippen LogP contribution in [0.25, 0.3) is 6.08 Å². The molecule has 0 atom stereocenters. The van der Waals surface area contributed by atoms with Crippen molar-refractivity contribution in [2.45, 2.75) is 32.6 Å². The Morgan fingerprint density at radius 2 is 1.63 bits per heavy atom. The van der Waals surface area contributed by atoms with Gasteiger partial charge in [-0.3, -0.25) is 4.79 Å². The highest BCUT2D eigenvalue weighted by molar-refractivity contribution is 6.09. The second-order valence-electron chi connectivity index (χ2n) is 6.98. The lowest BCUT2D eigenvalue weighted by molar-refractivity contribution is -0.112. The lowest BCUT2D eigenvalue weighted by atomic mass is 10.1. The van der Waals surface area contributed by atoms with Crippen LogP contribution in [0.15, 0.2) is 54.1 Å². The zero-order valence-corrected chi connectivity index (χ0v) is 15.7. The number of nitrogens with one attached hydrogen (secondary N) is 1. The molecule has 2 aromatic carbocycles. The van der Waals surface area contributed by atoms with E-state index in [4.69, 9.17) is 0 Å². The monoisotopic (exact) mass is 359 g/mol. The summed E-state index contributed by atoms with van der Waals surface area (Å²) in [5.41, 5.74) is 3.95. The highest BCUT2D eigenvalue weighted by atomic mass is 16.1. The third-order valence-corrected chi connectivity index (χ3v) is 4.85. The van der Waals surface area contributed by atoms with Crippen LogP contribution in [0.1, 0.15) is 36.8 Å². The number of carbonyl (C=O) groups excluding carboxylic acids is 1. The van der Waals surface area contributed by atoms with E-state index in [1.165, 1.54) is 31.4 Å². The molecule has 4 heteroatoms. The first-order chi connectivity index (χ1) is 13.2. The Kier molecular flexibility index (Phi) is 6.27. The SMILES string of the molecule is Cc1ccc(NC(=O)/C(C#N)=C\c2ccc(N3CCCCCC3)cc2)cc1. The van der Waals surface area contributed by atoms with Crippen LogP contribution in [0, 0.1) is 18.3 Å². The van der Waals surface area contributed by atoms with Gasteiger partial charge in [0.05, 0.1) is 0 Å². The molecule has 1 saturated heterocycles. The van der Waals surface area contributed by atoms with Gasteiger partial charge >= 0.3 is 0 Å². The lowest BCUT2D eigenvalue weighted by Crippen LogP contribution is -2.23. The molecule has 1 N–H and O–H groups in total. The molecular weight excluding hydrogens is 334 g/mol. The predicted octanol–water partition coefficient (Wildman–Crippen LogP) is 4.92. The molecule has 1 aliphatic heterocycles. The van der Waals surface area contributed by atoms with E-state index < -0.39 is 5.91 Å². The Balaban J connectivity index is 1.70. The first-order valence-corrected chi connectivity index (χ1v) is 9.50. The molecule has 0 aliphatic carbocycles. The molecule has 4 nitrogen and oxygen atoms in total. The number of carbonyl (C=O) groups is 1. The van der Waals surface area contributed by atoms with Gasteiger partial charge in [-0.25, -0.2) is 0 Å². The number of amides is 1. The lowest BCUT2D eigenvalue weighted by Gasteiger charge is -2.22. The van der Waals surface area contributed by atoms with Crippen molar-refractivity contribution in [1.29, 1.82) is 5.26 Å². The van der Waals surface area contributed by atoms with Crippen molar-refractivity contribution in [3.05, 3.63) is 65.2 Å². The first kappa shape index (κ1) is 18.7. The Bertz CT molecular complexity index is 837. The zero-order chi connectivity index (χ0) is 19.1. The maximum absolute atomic E-state index is 12.4. The van der Waals surface area contributed by atoms with Crippen LogP contribution in [0.2, 0.25) is 0 Å². The molecular formula is C23H25N3O. The topological polar surface area (TPSA) is 56.1 Å². The fourth-order valence-electron chi connectivity index (χ4n) is 3.26. The largest absolute Gasteiger partial charge is 0.372 e. The third kappa shape index (κ3) is 5.21. The van der Waals surface area contributed by atoms with Crippen molar-refractivity contribution in [2.24, 2.45) is 0 Å². The summed E-state index contributed by atoms with van der Waals surface area (Å²) in [6.45, 7) is 4.18. The van der Waals surface area contributed by atoms with Gasteiger partial charge in [0.1, 0.15) is 11.6 Å². The first-order valence-electron chi connectivity index (χ1n) is 9.50. The molecule has 2 aromatic rings. The van der Waals surface area contributed by atoms with E-state index in [0.29, 0.717) is 5.69 Å². The summed E-state index contributed by atoms with van der Waals surface area (Å²) in [6.07, 6.45) is 6.71. The summed E-state index contributed by atoms with van der Waals surface area (Å²) < 4.78 is 0. The Morgan fingerprint density at radius 1 is 1.00 bits per heavy atom. The van der Waals surface area contributed by atoms with Gasteiger partial charge in [-0.05, 0) is 55.7 Å². The summed E-state index contributed by atoms with van der Waals surface area (Å²) in [6, 6.07) is 17.6. The fourth-order valence-corrected chi connectivity index (χ4v) is 3.26. The van der Waals surface area contributed by atoms with E-state index in [9.17, 15) is 10.1 Å². The average Bonchev–Trinajstić information content (AvgIpc) is 2.98. The van der Waals surface area contributed by atoms with Gasteiger partial charge in [-0.1, -0.05) is 42.7 Å². The van der Waals surface area contributed by atoms with Crippen LogP contribution in [-0.4, -0.2) is 19.0 Å². The van der Waals surface area contributed by atoms with Crippen LogP contribution in [0.4, 0.5) is 11.4 Å². The van der Waals surface area contributed by atoms with Gasteiger partial charge in [-0.15, -0.1) is 0 Å². The number of hydrogen-bond acceptors (Lipinski definition) is 3. The van der Waals surface area contributed by atoms with E-state index in [1.807, 2.05) is 49.4 Å². The van der Waals surface area contributed by atoms with Gasteiger partial charge in [-0.2, -0.15) is 5.26 Å². The summed E-state index contributed by atoms with van der Waals surface area (Å²) in [4.78, 5) is 14.8.